The number of carbonyl (C=O) groups is 2. The van der Waals surface area contributed by atoms with E-state index in [-0.39, 0.29) is 5.91 Å². The Morgan fingerprint density at radius 3 is 2.46 bits per heavy atom. The smallest absolute Gasteiger partial charge is 0.419 e. The molecule has 1 aromatic heterocycles. The van der Waals surface area contributed by atoms with Crippen molar-refractivity contribution in [3.05, 3.63) is 60.8 Å². The number of rotatable bonds is 7. The van der Waals surface area contributed by atoms with Gasteiger partial charge in [-0.3, -0.25) is 9.36 Å². The summed E-state index contributed by atoms with van der Waals surface area (Å²) in [6, 6.07) is 5.90. The molecule has 0 aliphatic carbocycles. The average Bonchev–Trinajstić information content (AvgIpc) is 2.97. The van der Waals surface area contributed by atoms with Crippen LogP contribution in [0, 0.1) is 0 Å². The molecule has 0 aliphatic heterocycles. The molecule has 2 rings (SSSR count). The molecular formula is C23H30N2O3. The lowest BCUT2D eigenvalue weighted by molar-refractivity contribution is -0.128. The van der Waals surface area contributed by atoms with Gasteiger partial charge in [0.1, 0.15) is 5.60 Å². The number of fused-ring (bicyclic) bond motifs is 1. The Kier molecular flexibility index (Phi) is 6.84. The summed E-state index contributed by atoms with van der Waals surface area (Å²) >= 11 is 0. The van der Waals surface area contributed by atoms with E-state index >= 15 is 0 Å². The Balaban J connectivity index is 2.48. The molecule has 0 unspecified atom stereocenters. The van der Waals surface area contributed by atoms with Crippen molar-refractivity contribution < 1.29 is 14.3 Å². The first-order valence-electron chi connectivity index (χ1n) is 9.50. The van der Waals surface area contributed by atoms with Crippen molar-refractivity contribution in [2.24, 2.45) is 0 Å². The van der Waals surface area contributed by atoms with Crippen molar-refractivity contribution >= 4 is 22.9 Å². The fraction of sp³-hybridized carbons (Fsp3) is 0.391. The van der Waals surface area contributed by atoms with Crippen molar-refractivity contribution in [3.8, 4) is 0 Å². The summed E-state index contributed by atoms with van der Waals surface area (Å²) in [5, 5.41) is 1.02. The molecule has 0 fully saturated rings. The lowest BCUT2D eigenvalue weighted by Gasteiger charge is -2.19. The standard InChI is InChI=1S/C23H30N2O3/c1-7-10-18-11-9-12-20-21(18)19(13-15-24(14-8-2)17(3)26)16-25(20)22(27)28-23(4,5)6/h7-9,11-12,16H,1-2,10,13-15H2,3-6H3. The summed E-state index contributed by atoms with van der Waals surface area (Å²) in [5.41, 5.74) is 2.33. The van der Waals surface area contributed by atoms with E-state index < -0.39 is 11.7 Å². The highest BCUT2D eigenvalue weighted by molar-refractivity contribution is 5.94. The van der Waals surface area contributed by atoms with E-state index in [9.17, 15) is 9.59 Å². The van der Waals surface area contributed by atoms with Gasteiger partial charge in [-0.15, -0.1) is 13.2 Å². The minimum Gasteiger partial charge on any atom is -0.443 e. The lowest BCUT2D eigenvalue weighted by Crippen LogP contribution is -2.30. The maximum Gasteiger partial charge on any atom is 0.419 e. The fourth-order valence-corrected chi connectivity index (χ4v) is 3.21. The SMILES string of the molecule is C=CCc1cccc2c1c(CCN(CC=C)C(C)=O)cn2C(=O)OC(C)(C)C. The molecule has 0 radical (unpaired) electrons. The molecule has 150 valence electrons. The number of allylic oxidation sites excluding steroid dienone is 1. The summed E-state index contributed by atoms with van der Waals surface area (Å²) < 4.78 is 7.14. The van der Waals surface area contributed by atoms with Crippen LogP contribution in [0.2, 0.25) is 0 Å². The van der Waals surface area contributed by atoms with E-state index in [1.165, 1.54) is 0 Å². The predicted molar refractivity (Wildman–Crippen MR) is 114 cm³/mol. The second kappa shape index (κ2) is 8.91. The molecule has 0 bridgehead atoms. The van der Waals surface area contributed by atoms with E-state index in [2.05, 4.69) is 13.2 Å². The van der Waals surface area contributed by atoms with E-state index in [0.29, 0.717) is 25.9 Å². The lowest BCUT2D eigenvalue weighted by atomic mass is 10.0. The fourth-order valence-electron chi connectivity index (χ4n) is 3.21. The van der Waals surface area contributed by atoms with Gasteiger partial charge >= 0.3 is 6.09 Å². The molecule has 0 aliphatic rings. The third-order valence-corrected chi connectivity index (χ3v) is 4.39. The van der Waals surface area contributed by atoms with Gasteiger partial charge in [0.05, 0.1) is 5.52 Å². The van der Waals surface area contributed by atoms with Crippen molar-refractivity contribution in [1.29, 1.82) is 0 Å². The summed E-state index contributed by atoms with van der Waals surface area (Å²) in [6.45, 7) is 15.7. The first-order chi connectivity index (χ1) is 13.2. The van der Waals surface area contributed by atoms with Gasteiger partial charge in [-0.05, 0) is 50.8 Å². The Hall–Kier alpha value is -2.82. The highest BCUT2D eigenvalue weighted by Gasteiger charge is 2.22. The number of carbonyl (C=O) groups excluding carboxylic acids is 2. The number of benzene rings is 1. The Morgan fingerprint density at radius 1 is 1.18 bits per heavy atom. The number of aromatic nitrogens is 1. The van der Waals surface area contributed by atoms with Gasteiger partial charge < -0.3 is 9.64 Å². The van der Waals surface area contributed by atoms with Crippen LogP contribution in [0.3, 0.4) is 0 Å². The van der Waals surface area contributed by atoms with E-state index in [1.54, 1.807) is 22.5 Å². The van der Waals surface area contributed by atoms with Gasteiger partial charge in [-0.25, -0.2) is 4.79 Å². The summed E-state index contributed by atoms with van der Waals surface area (Å²) in [6.07, 6.45) is 6.32. The van der Waals surface area contributed by atoms with Gasteiger partial charge in [-0.2, -0.15) is 0 Å². The van der Waals surface area contributed by atoms with Gasteiger partial charge in [0.2, 0.25) is 5.91 Å². The zero-order valence-corrected chi connectivity index (χ0v) is 17.3. The van der Waals surface area contributed by atoms with Gasteiger partial charge in [-0.1, -0.05) is 24.3 Å². The average molecular weight is 383 g/mol. The maximum absolute atomic E-state index is 12.7. The van der Waals surface area contributed by atoms with Crippen molar-refractivity contribution in [2.45, 2.75) is 46.1 Å². The van der Waals surface area contributed by atoms with Gasteiger partial charge in [0, 0.05) is 31.6 Å². The Bertz CT molecular complexity index is 887. The number of ether oxygens (including phenoxy) is 1. The minimum absolute atomic E-state index is 0.00194. The summed E-state index contributed by atoms with van der Waals surface area (Å²) in [5.74, 6) is 0.00194. The molecule has 0 saturated heterocycles. The normalized spacial score (nSPS) is 11.3. The van der Waals surface area contributed by atoms with Crippen LogP contribution in [0.4, 0.5) is 4.79 Å². The van der Waals surface area contributed by atoms with Crippen molar-refractivity contribution in [2.75, 3.05) is 13.1 Å². The molecule has 28 heavy (non-hydrogen) atoms. The molecule has 1 aromatic carbocycles. The first kappa shape index (κ1) is 21.5. The van der Waals surface area contributed by atoms with Crippen molar-refractivity contribution in [1.82, 2.24) is 9.47 Å². The topological polar surface area (TPSA) is 51.5 Å². The highest BCUT2D eigenvalue weighted by Crippen LogP contribution is 2.27. The zero-order chi connectivity index (χ0) is 20.9. The van der Waals surface area contributed by atoms with Crippen LogP contribution < -0.4 is 0 Å². The zero-order valence-electron chi connectivity index (χ0n) is 17.3. The van der Waals surface area contributed by atoms with Crippen LogP contribution >= 0.6 is 0 Å². The van der Waals surface area contributed by atoms with Crippen molar-refractivity contribution in [3.63, 3.8) is 0 Å². The molecular weight excluding hydrogens is 352 g/mol. The maximum atomic E-state index is 12.7. The van der Waals surface area contributed by atoms with Crippen LogP contribution in [0.1, 0.15) is 38.8 Å². The Morgan fingerprint density at radius 2 is 1.89 bits per heavy atom. The van der Waals surface area contributed by atoms with E-state index in [4.69, 9.17) is 4.74 Å². The molecule has 1 heterocycles. The van der Waals surface area contributed by atoms with Crippen LogP contribution in [-0.2, 0) is 22.4 Å². The quantitative estimate of drug-likeness (QED) is 0.651. The van der Waals surface area contributed by atoms with Gasteiger partial charge in [0.25, 0.3) is 0 Å². The molecule has 0 saturated carbocycles. The number of nitrogens with zero attached hydrogens (tertiary/aromatic N) is 2. The molecule has 0 atom stereocenters. The molecule has 5 heteroatoms. The molecule has 5 nitrogen and oxygen atoms in total. The van der Waals surface area contributed by atoms with Crippen LogP contribution in [0.15, 0.2) is 49.7 Å². The number of hydrogen-bond acceptors (Lipinski definition) is 3. The number of hydrogen-bond donors (Lipinski definition) is 0. The second-order valence-corrected chi connectivity index (χ2v) is 7.81. The molecule has 2 aromatic rings. The molecule has 0 spiro atoms. The third kappa shape index (κ3) is 5.12. The number of amides is 1. The van der Waals surface area contributed by atoms with Crippen LogP contribution in [0.5, 0.6) is 0 Å². The highest BCUT2D eigenvalue weighted by atomic mass is 16.6. The summed E-state index contributed by atoms with van der Waals surface area (Å²) in [4.78, 5) is 26.3. The molecule has 0 N–H and O–H groups in total. The largest absolute Gasteiger partial charge is 0.443 e. The Labute approximate surface area is 167 Å². The molecule has 1 amide bonds. The minimum atomic E-state index is -0.581. The third-order valence-electron chi connectivity index (χ3n) is 4.39. The summed E-state index contributed by atoms with van der Waals surface area (Å²) in [7, 11) is 0. The van der Waals surface area contributed by atoms with Crippen LogP contribution in [-0.4, -0.2) is 40.2 Å². The second-order valence-electron chi connectivity index (χ2n) is 7.81. The van der Waals surface area contributed by atoms with Crippen LogP contribution in [0.25, 0.3) is 10.9 Å². The van der Waals surface area contributed by atoms with Gasteiger partial charge in [0.15, 0.2) is 0 Å². The van der Waals surface area contributed by atoms with E-state index in [0.717, 1.165) is 22.0 Å². The first-order valence-corrected chi connectivity index (χ1v) is 9.50. The predicted octanol–water partition coefficient (Wildman–Crippen LogP) is 4.73. The van der Waals surface area contributed by atoms with E-state index in [1.807, 2.05) is 51.2 Å². The monoisotopic (exact) mass is 382 g/mol.